The summed E-state index contributed by atoms with van der Waals surface area (Å²) in [6.07, 6.45) is 2.38. The molecule has 0 saturated carbocycles. The highest BCUT2D eigenvalue weighted by Crippen LogP contribution is 2.16. The highest BCUT2D eigenvalue weighted by atomic mass is 35.5. The van der Waals surface area contributed by atoms with Gasteiger partial charge in [0.1, 0.15) is 0 Å². The highest BCUT2D eigenvalue weighted by Gasteiger charge is 2.22. The zero-order valence-corrected chi connectivity index (χ0v) is 11.9. The maximum atomic E-state index is 11.8. The van der Waals surface area contributed by atoms with Crippen LogP contribution in [0.4, 0.5) is 10.5 Å². The van der Waals surface area contributed by atoms with Gasteiger partial charge in [0.25, 0.3) is 0 Å². The molecule has 1 aliphatic rings. The van der Waals surface area contributed by atoms with Crippen LogP contribution in [0.1, 0.15) is 19.8 Å². The predicted molar refractivity (Wildman–Crippen MR) is 78.7 cm³/mol. The van der Waals surface area contributed by atoms with E-state index in [4.69, 9.17) is 11.6 Å². The molecule has 2 N–H and O–H groups in total. The fraction of sp³-hybridized carbons (Fsp3) is 0.500. The van der Waals surface area contributed by atoms with Gasteiger partial charge in [0.2, 0.25) is 0 Å². The second-order valence-corrected chi connectivity index (χ2v) is 5.20. The van der Waals surface area contributed by atoms with Crippen molar-refractivity contribution >= 4 is 23.3 Å². The van der Waals surface area contributed by atoms with Crippen molar-refractivity contribution in [3.63, 3.8) is 0 Å². The van der Waals surface area contributed by atoms with Crippen molar-refractivity contribution in [1.29, 1.82) is 0 Å². The van der Waals surface area contributed by atoms with Gasteiger partial charge in [-0.2, -0.15) is 0 Å². The summed E-state index contributed by atoms with van der Waals surface area (Å²) in [5, 5.41) is 6.39. The Morgan fingerprint density at radius 3 is 2.84 bits per heavy atom. The Hall–Kier alpha value is -1.26. The first-order chi connectivity index (χ1) is 9.19. The summed E-state index contributed by atoms with van der Waals surface area (Å²) in [4.78, 5) is 14.2. The summed E-state index contributed by atoms with van der Waals surface area (Å²) in [5.74, 6) is 0. The van der Waals surface area contributed by atoms with Gasteiger partial charge >= 0.3 is 6.03 Å². The molecule has 4 nitrogen and oxygen atoms in total. The molecule has 2 rings (SSSR count). The summed E-state index contributed by atoms with van der Waals surface area (Å²) in [6, 6.07) is 7.40. The van der Waals surface area contributed by atoms with Gasteiger partial charge in [-0.3, -0.25) is 4.90 Å². The number of anilines is 1. The van der Waals surface area contributed by atoms with E-state index in [1.165, 1.54) is 6.42 Å². The van der Waals surface area contributed by atoms with E-state index in [9.17, 15) is 4.79 Å². The summed E-state index contributed by atoms with van der Waals surface area (Å²) >= 11 is 5.79. The topological polar surface area (TPSA) is 44.4 Å². The second-order valence-electron chi connectivity index (χ2n) is 4.77. The average Bonchev–Trinajstić information content (AvgIpc) is 2.86. The first kappa shape index (κ1) is 14.2. The third-order valence-electron chi connectivity index (χ3n) is 3.51. The second kappa shape index (κ2) is 6.78. The molecule has 1 saturated heterocycles. The minimum atomic E-state index is -0.162. The zero-order chi connectivity index (χ0) is 13.7. The van der Waals surface area contributed by atoms with E-state index < -0.39 is 0 Å². The summed E-state index contributed by atoms with van der Waals surface area (Å²) < 4.78 is 0. The molecule has 1 aliphatic heterocycles. The molecule has 1 aromatic rings. The van der Waals surface area contributed by atoms with Crippen molar-refractivity contribution < 1.29 is 4.79 Å². The van der Waals surface area contributed by atoms with Crippen molar-refractivity contribution in [2.75, 3.05) is 25.0 Å². The SMILES string of the molecule is CCN1CCC[C@@H]1CNC(=O)Nc1ccc(Cl)cc1. The van der Waals surface area contributed by atoms with Crippen LogP contribution in [0.5, 0.6) is 0 Å². The van der Waals surface area contributed by atoms with Crippen LogP contribution in [0, 0.1) is 0 Å². The Morgan fingerprint density at radius 2 is 2.16 bits per heavy atom. The molecule has 1 heterocycles. The van der Waals surface area contributed by atoms with E-state index in [1.807, 2.05) is 0 Å². The van der Waals surface area contributed by atoms with Gasteiger partial charge in [0.05, 0.1) is 0 Å². The summed E-state index contributed by atoms with van der Waals surface area (Å²) in [5.41, 5.74) is 0.751. The van der Waals surface area contributed by atoms with E-state index >= 15 is 0 Å². The highest BCUT2D eigenvalue weighted by molar-refractivity contribution is 6.30. The van der Waals surface area contributed by atoms with Crippen molar-refractivity contribution in [2.45, 2.75) is 25.8 Å². The van der Waals surface area contributed by atoms with Crippen molar-refractivity contribution in [3.8, 4) is 0 Å². The molecule has 0 bridgehead atoms. The van der Waals surface area contributed by atoms with Crippen LogP contribution >= 0.6 is 11.6 Å². The number of carbonyl (C=O) groups excluding carboxylic acids is 1. The first-order valence-electron chi connectivity index (χ1n) is 6.73. The molecule has 2 amide bonds. The number of carbonyl (C=O) groups is 1. The largest absolute Gasteiger partial charge is 0.336 e. The zero-order valence-electron chi connectivity index (χ0n) is 11.2. The van der Waals surface area contributed by atoms with Gasteiger partial charge in [0, 0.05) is 23.3 Å². The van der Waals surface area contributed by atoms with Crippen LogP contribution in [0.15, 0.2) is 24.3 Å². The molecule has 0 radical (unpaired) electrons. The number of urea groups is 1. The molecule has 1 aromatic carbocycles. The molecule has 5 heteroatoms. The molecule has 0 aliphatic carbocycles. The molecule has 19 heavy (non-hydrogen) atoms. The van der Waals surface area contributed by atoms with E-state index in [-0.39, 0.29) is 6.03 Å². The van der Waals surface area contributed by atoms with Crippen LogP contribution in [-0.4, -0.2) is 36.6 Å². The molecular formula is C14H20ClN3O. The summed E-state index contributed by atoms with van der Waals surface area (Å²) in [6.45, 7) is 5.05. The Morgan fingerprint density at radius 1 is 1.42 bits per heavy atom. The van der Waals surface area contributed by atoms with Crippen molar-refractivity contribution in [3.05, 3.63) is 29.3 Å². The number of rotatable bonds is 4. The van der Waals surface area contributed by atoms with Crippen LogP contribution in [0.3, 0.4) is 0 Å². The smallest absolute Gasteiger partial charge is 0.319 e. The van der Waals surface area contributed by atoms with Gasteiger partial charge in [-0.15, -0.1) is 0 Å². The number of likely N-dealkylation sites (tertiary alicyclic amines) is 1. The van der Waals surface area contributed by atoms with Gasteiger partial charge < -0.3 is 10.6 Å². The predicted octanol–water partition coefficient (Wildman–Crippen LogP) is 2.95. The number of amides is 2. The number of nitrogens with zero attached hydrogens (tertiary/aromatic N) is 1. The minimum absolute atomic E-state index is 0.162. The third kappa shape index (κ3) is 4.11. The molecule has 1 atom stereocenters. The first-order valence-corrected chi connectivity index (χ1v) is 7.11. The van der Waals surface area contributed by atoms with Crippen LogP contribution in [0.25, 0.3) is 0 Å². The fourth-order valence-corrected chi connectivity index (χ4v) is 2.59. The van der Waals surface area contributed by atoms with Gasteiger partial charge in [0.15, 0.2) is 0 Å². The van der Waals surface area contributed by atoms with Crippen molar-refractivity contribution in [1.82, 2.24) is 10.2 Å². The Balaban J connectivity index is 1.77. The lowest BCUT2D eigenvalue weighted by atomic mass is 10.2. The van der Waals surface area contributed by atoms with E-state index in [1.54, 1.807) is 24.3 Å². The van der Waals surface area contributed by atoms with Crippen LogP contribution < -0.4 is 10.6 Å². The quantitative estimate of drug-likeness (QED) is 0.891. The number of halogens is 1. The Labute approximate surface area is 119 Å². The van der Waals surface area contributed by atoms with Gasteiger partial charge in [-0.05, 0) is 50.2 Å². The Bertz CT molecular complexity index is 421. The number of likely N-dealkylation sites (N-methyl/N-ethyl adjacent to an activating group) is 1. The molecule has 0 aromatic heterocycles. The summed E-state index contributed by atoms with van der Waals surface area (Å²) in [7, 11) is 0. The maximum absolute atomic E-state index is 11.8. The monoisotopic (exact) mass is 281 g/mol. The van der Waals surface area contributed by atoms with Crippen LogP contribution in [-0.2, 0) is 0 Å². The van der Waals surface area contributed by atoms with Gasteiger partial charge in [-0.25, -0.2) is 4.79 Å². The Kier molecular flexibility index (Phi) is 5.05. The van der Waals surface area contributed by atoms with E-state index in [2.05, 4.69) is 22.5 Å². The standard InChI is InChI=1S/C14H20ClN3O/c1-2-18-9-3-4-13(18)10-16-14(19)17-12-7-5-11(15)6-8-12/h5-8,13H,2-4,9-10H2,1H3,(H2,16,17,19)/t13-/m1/s1. The molecule has 1 fully saturated rings. The average molecular weight is 282 g/mol. The lowest BCUT2D eigenvalue weighted by Crippen LogP contribution is -2.41. The number of hydrogen-bond acceptors (Lipinski definition) is 2. The van der Waals surface area contributed by atoms with Gasteiger partial charge in [-0.1, -0.05) is 18.5 Å². The number of nitrogens with one attached hydrogen (secondary N) is 2. The molecule has 0 spiro atoms. The number of benzene rings is 1. The van der Waals surface area contributed by atoms with Crippen molar-refractivity contribution in [2.24, 2.45) is 0 Å². The molecular weight excluding hydrogens is 262 g/mol. The maximum Gasteiger partial charge on any atom is 0.319 e. The molecule has 0 unspecified atom stereocenters. The van der Waals surface area contributed by atoms with Crippen LogP contribution in [0.2, 0.25) is 5.02 Å². The van der Waals surface area contributed by atoms with E-state index in [0.29, 0.717) is 17.6 Å². The normalized spacial score (nSPS) is 19.4. The lowest BCUT2D eigenvalue weighted by Gasteiger charge is -2.22. The number of hydrogen-bond donors (Lipinski definition) is 2. The minimum Gasteiger partial charge on any atom is -0.336 e. The third-order valence-corrected chi connectivity index (χ3v) is 3.76. The fourth-order valence-electron chi connectivity index (χ4n) is 2.46. The van der Waals surface area contributed by atoms with E-state index in [0.717, 1.165) is 25.2 Å². The molecule has 104 valence electrons. The lowest BCUT2D eigenvalue weighted by molar-refractivity contribution is 0.238.